The molecular weight excluding hydrogens is 315 g/mol. The van der Waals surface area contributed by atoms with Gasteiger partial charge >= 0.3 is 0 Å². The van der Waals surface area contributed by atoms with Gasteiger partial charge in [-0.2, -0.15) is 0 Å². The van der Waals surface area contributed by atoms with Crippen LogP contribution in [0.1, 0.15) is 24.6 Å². The van der Waals surface area contributed by atoms with Crippen molar-refractivity contribution in [3.63, 3.8) is 0 Å². The molecule has 1 saturated carbocycles. The van der Waals surface area contributed by atoms with Crippen molar-refractivity contribution in [3.05, 3.63) is 40.1 Å². The number of halogens is 2. The second-order valence-corrected chi connectivity index (χ2v) is 6.45. The van der Waals surface area contributed by atoms with Crippen molar-refractivity contribution in [1.82, 2.24) is 9.97 Å². The summed E-state index contributed by atoms with van der Waals surface area (Å²) in [6, 6.07) is 7.33. The van der Waals surface area contributed by atoms with Crippen LogP contribution in [0.25, 0.3) is 0 Å². The number of anilines is 1. The molecule has 2 aromatic rings. The molecule has 1 aromatic carbocycles. The minimum Gasteiger partial charge on any atom is -0.308 e. The van der Waals surface area contributed by atoms with Crippen molar-refractivity contribution >= 4 is 40.8 Å². The van der Waals surface area contributed by atoms with E-state index >= 15 is 0 Å². The van der Waals surface area contributed by atoms with Crippen LogP contribution in [0.3, 0.4) is 0 Å². The predicted molar refractivity (Wildman–Crippen MR) is 82.4 cm³/mol. The lowest BCUT2D eigenvalue weighted by atomic mass is 10.4. The molecule has 1 fully saturated rings. The van der Waals surface area contributed by atoms with E-state index in [1.165, 1.54) is 11.8 Å². The maximum absolute atomic E-state index is 6.02. The van der Waals surface area contributed by atoms with Gasteiger partial charge in [0.25, 0.3) is 0 Å². The van der Waals surface area contributed by atoms with Gasteiger partial charge in [-0.15, -0.1) is 0 Å². The summed E-state index contributed by atoms with van der Waals surface area (Å²) in [5, 5.41) is 1.92. The van der Waals surface area contributed by atoms with Crippen molar-refractivity contribution in [2.24, 2.45) is 5.84 Å². The van der Waals surface area contributed by atoms with Gasteiger partial charge in [-0.3, -0.25) is 0 Å². The Labute approximate surface area is 131 Å². The first kappa shape index (κ1) is 13.9. The Balaban J connectivity index is 1.88. The molecule has 3 N–H and O–H groups in total. The molecule has 0 radical (unpaired) electrons. The number of nitrogens with one attached hydrogen (secondary N) is 1. The van der Waals surface area contributed by atoms with Crippen LogP contribution in [0.4, 0.5) is 5.82 Å². The number of benzene rings is 1. The number of nitrogens with zero attached hydrogens (tertiary/aromatic N) is 2. The summed E-state index contributed by atoms with van der Waals surface area (Å²) in [6.07, 6.45) is 2.29. The first-order chi connectivity index (χ1) is 9.65. The second-order valence-electron chi connectivity index (χ2n) is 4.55. The molecule has 7 heteroatoms. The van der Waals surface area contributed by atoms with Gasteiger partial charge in [-0.05, 0) is 31.0 Å². The van der Waals surface area contributed by atoms with Crippen LogP contribution in [0.2, 0.25) is 10.0 Å². The molecular formula is C13H12Cl2N4S. The maximum Gasteiger partial charge on any atom is 0.144 e. The summed E-state index contributed by atoms with van der Waals surface area (Å²) >= 11 is 13.4. The average Bonchev–Trinajstić information content (AvgIpc) is 3.27. The van der Waals surface area contributed by atoms with E-state index in [0.717, 1.165) is 28.6 Å². The number of hydrogen-bond donors (Lipinski definition) is 2. The Hall–Kier alpha value is -1.01. The van der Waals surface area contributed by atoms with E-state index in [1.54, 1.807) is 6.07 Å². The Morgan fingerprint density at radius 3 is 2.60 bits per heavy atom. The highest BCUT2D eigenvalue weighted by molar-refractivity contribution is 7.99. The quantitative estimate of drug-likeness (QED) is 0.503. The van der Waals surface area contributed by atoms with E-state index in [4.69, 9.17) is 29.0 Å². The van der Waals surface area contributed by atoms with Crippen molar-refractivity contribution in [2.75, 3.05) is 5.43 Å². The minimum atomic E-state index is 0.469. The van der Waals surface area contributed by atoms with Crippen LogP contribution in [-0.2, 0) is 0 Å². The molecule has 104 valence electrons. The standard InChI is InChI=1S/C13H12Cl2N4S/c14-9-4-3-8(5-10(9)15)20-12-6-11(19-16)17-13(18-12)7-1-2-7/h3-7H,1-2,16H2,(H,17,18,19). The Bertz CT molecular complexity index is 646. The van der Waals surface area contributed by atoms with Crippen molar-refractivity contribution in [2.45, 2.75) is 28.7 Å². The summed E-state index contributed by atoms with van der Waals surface area (Å²) < 4.78 is 0. The molecule has 0 unspecified atom stereocenters. The van der Waals surface area contributed by atoms with Crippen LogP contribution < -0.4 is 11.3 Å². The van der Waals surface area contributed by atoms with Gasteiger partial charge in [0.2, 0.25) is 0 Å². The normalized spacial score (nSPS) is 14.3. The molecule has 1 aliphatic carbocycles. The van der Waals surface area contributed by atoms with E-state index in [9.17, 15) is 0 Å². The van der Waals surface area contributed by atoms with Gasteiger partial charge in [0, 0.05) is 16.9 Å². The van der Waals surface area contributed by atoms with Crippen molar-refractivity contribution in [1.29, 1.82) is 0 Å². The summed E-state index contributed by atoms with van der Waals surface area (Å²) in [4.78, 5) is 9.93. The smallest absolute Gasteiger partial charge is 0.144 e. The highest BCUT2D eigenvalue weighted by Gasteiger charge is 2.27. The largest absolute Gasteiger partial charge is 0.308 e. The first-order valence-corrected chi connectivity index (χ1v) is 7.71. The highest BCUT2D eigenvalue weighted by Crippen LogP contribution is 2.40. The van der Waals surface area contributed by atoms with Gasteiger partial charge < -0.3 is 5.43 Å². The van der Waals surface area contributed by atoms with Crippen LogP contribution in [0, 0.1) is 0 Å². The monoisotopic (exact) mass is 326 g/mol. The lowest BCUT2D eigenvalue weighted by Crippen LogP contribution is -2.10. The van der Waals surface area contributed by atoms with Gasteiger partial charge in [0.15, 0.2) is 0 Å². The zero-order valence-corrected chi connectivity index (χ0v) is 12.8. The second kappa shape index (κ2) is 5.77. The zero-order chi connectivity index (χ0) is 14.1. The molecule has 0 spiro atoms. The Morgan fingerprint density at radius 2 is 1.95 bits per heavy atom. The third-order valence-corrected chi connectivity index (χ3v) is 4.57. The van der Waals surface area contributed by atoms with E-state index < -0.39 is 0 Å². The third kappa shape index (κ3) is 3.17. The molecule has 1 aromatic heterocycles. The molecule has 0 saturated heterocycles. The number of hydrazine groups is 1. The summed E-state index contributed by atoms with van der Waals surface area (Å²) in [5.74, 6) is 7.41. The molecule has 0 atom stereocenters. The van der Waals surface area contributed by atoms with Crippen molar-refractivity contribution in [3.8, 4) is 0 Å². The lowest BCUT2D eigenvalue weighted by molar-refractivity contribution is 0.878. The van der Waals surface area contributed by atoms with Gasteiger partial charge in [0.1, 0.15) is 16.7 Å². The first-order valence-electron chi connectivity index (χ1n) is 6.14. The lowest BCUT2D eigenvalue weighted by Gasteiger charge is -2.07. The number of hydrogen-bond acceptors (Lipinski definition) is 5. The molecule has 0 aliphatic heterocycles. The highest BCUT2D eigenvalue weighted by atomic mass is 35.5. The molecule has 0 bridgehead atoms. The van der Waals surface area contributed by atoms with Gasteiger partial charge in [-0.25, -0.2) is 15.8 Å². The molecule has 0 amide bonds. The van der Waals surface area contributed by atoms with E-state index in [0.29, 0.717) is 21.8 Å². The van der Waals surface area contributed by atoms with Crippen LogP contribution >= 0.6 is 35.0 Å². The molecule has 1 aliphatic rings. The average molecular weight is 327 g/mol. The SMILES string of the molecule is NNc1cc(Sc2ccc(Cl)c(Cl)c2)nc(C2CC2)n1. The number of aromatic nitrogens is 2. The van der Waals surface area contributed by atoms with Gasteiger partial charge in [-0.1, -0.05) is 35.0 Å². The number of nitrogens with two attached hydrogens (primary N) is 1. The summed E-state index contributed by atoms with van der Waals surface area (Å²) in [6.45, 7) is 0. The van der Waals surface area contributed by atoms with E-state index in [2.05, 4.69) is 15.4 Å². The van der Waals surface area contributed by atoms with Crippen LogP contribution in [-0.4, -0.2) is 9.97 Å². The van der Waals surface area contributed by atoms with E-state index in [1.807, 2.05) is 18.2 Å². The van der Waals surface area contributed by atoms with Gasteiger partial charge in [0.05, 0.1) is 10.0 Å². The maximum atomic E-state index is 6.02. The zero-order valence-electron chi connectivity index (χ0n) is 10.4. The topological polar surface area (TPSA) is 63.8 Å². The number of rotatable bonds is 4. The predicted octanol–water partition coefficient (Wildman–Crippen LogP) is 4.10. The fourth-order valence-corrected chi connectivity index (χ4v) is 2.98. The number of nitrogen functional groups attached to an aromatic ring is 1. The Kier molecular flexibility index (Phi) is 4.03. The molecule has 3 rings (SSSR count). The fourth-order valence-electron chi connectivity index (χ4n) is 1.75. The van der Waals surface area contributed by atoms with Crippen molar-refractivity contribution < 1.29 is 0 Å². The molecule has 1 heterocycles. The molecule has 4 nitrogen and oxygen atoms in total. The van der Waals surface area contributed by atoms with Crippen LogP contribution in [0.15, 0.2) is 34.2 Å². The third-order valence-electron chi connectivity index (χ3n) is 2.92. The Morgan fingerprint density at radius 1 is 1.15 bits per heavy atom. The van der Waals surface area contributed by atoms with Crippen LogP contribution in [0.5, 0.6) is 0 Å². The van der Waals surface area contributed by atoms with E-state index in [-0.39, 0.29) is 0 Å². The molecule has 20 heavy (non-hydrogen) atoms. The summed E-state index contributed by atoms with van der Waals surface area (Å²) in [5.41, 5.74) is 2.59. The minimum absolute atomic E-state index is 0.469. The summed E-state index contributed by atoms with van der Waals surface area (Å²) in [7, 11) is 0. The fraction of sp³-hybridized carbons (Fsp3) is 0.231.